The molecular weight excluding hydrogens is 478 g/mol. The Bertz CT molecular complexity index is 1360. The van der Waals surface area contributed by atoms with Crippen molar-refractivity contribution in [2.75, 3.05) is 6.61 Å². The number of thioether (sulfide) groups is 1. The van der Waals surface area contributed by atoms with Crippen molar-refractivity contribution in [3.63, 3.8) is 0 Å². The Kier molecular flexibility index (Phi) is 6.83. The minimum absolute atomic E-state index is 0.141. The standard InChI is InChI=1S/C27H23N3O3S2/c1-2-14-32-22-12-10-19(11-13-22)25-20(17-30(28-25)21-7-4-3-5-8-21)16-24-26(31)29(27(34)35-24)18-23-9-6-15-33-23/h3-13,15-17H,2,14,18H2,1H3. The molecule has 35 heavy (non-hydrogen) atoms. The summed E-state index contributed by atoms with van der Waals surface area (Å²) in [5.74, 6) is 1.36. The molecule has 0 radical (unpaired) electrons. The van der Waals surface area contributed by atoms with E-state index in [-0.39, 0.29) is 5.91 Å². The predicted molar refractivity (Wildman–Crippen MR) is 142 cm³/mol. The Balaban J connectivity index is 1.50. The first-order valence-corrected chi connectivity index (χ1v) is 12.5. The van der Waals surface area contributed by atoms with E-state index in [0.717, 1.165) is 34.7 Å². The molecule has 6 nitrogen and oxygen atoms in total. The number of nitrogens with zero attached hydrogens (tertiary/aromatic N) is 3. The summed E-state index contributed by atoms with van der Waals surface area (Å²) in [6.45, 7) is 3.06. The fourth-order valence-corrected chi connectivity index (χ4v) is 4.94. The number of ether oxygens (including phenoxy) is 1. The molecule has 0 atom stereocenters. The number of para-hydroxylation sites is 1. The van der Waals surface area contributed by atoms with Crippen molar-refractivity contribution < 1.29 is 13.9 Å². The van der Waals surface area contributed by atoms with Gasteiger partial charge in [-0.15, -0.1) is 0 Å². The average molecular weight is 502 g/mol. The van der Waals surface area contributed by atoms with E-state index in [1.807, 2.05) is 77.6 Å². The van der Waals surface area contributed by atoms with Crippen LogP contribution in [0.1, 0.15) is 24.7 Å². The molecule has 0 bridgehead atoms. The third kappa shape index (κ3) is 5.08. The number of hydrogen-bond acceptors (Lipinski definition) is 6. The molecular formula is C27H23N3O3S2. The summed E-state index contributed by atoms with van der Waals surface area (Å²) in [5, 5.41) is 4.86. The Morgan fingerprint density at radius 2 is 1.89 bits per heavy atom. The quantitative estimate of drug-likeness (QED) is 0.208. The number of furan rings is 1. The van der Waals surface area contributed by atoms with Crippen molar-refractivity contribution in [1.82, 2.24) is 14.7 Å². The molecule has 0 unspecified atom stereocenters. The van der Waals surface area contributed by atoms with Gasteiger partial charge in [0, 0.05) is 17.3 Å². The first-order chi connectivity index (χ1) is 17.1. The van der Waals surface area contributed by atoms with Crippen LogP contribution in [0.3, 0.4) is 0 Å². The van der Waals surface area contributed by atoms with Gasteiger partial charge in [-0.1, -0.05) is 49.1 Å². The van der Waals surface area contributed by atoms with Crippen LogP contribution >= 0.6 is 24.0 Å². The minimum Gasteiger partial charge on any atom is -0.494 e. The second-order valence-electron chi connectivity index (χ2n) is 7.93. The Morgan fingerprint density at radius 1 is 1.09 bits per heavy atom. The van der Waals surface area contributed by atoms with Gasteiger partial charge >= 0.3 is 0 Å². The molecule has 2 aromatic carbocycles. The van der Waals surface area contributed by atoms with Gasteiger partial charge in [0.2, 0.25) is 0 Å². The second-order valence-corrected chi connectivity index (χ2v) is 9.61. The van der Waals surface area contributed by atoms with E-state index in [9.17, 15) is 4.79 Å². The number of rotatable bonds is 8. The van der Waals surface area contributed by atoms with E-state index < -0.39 is 0 Å². The van der Waals surface area contributed by atoms with Gasteiger partial charge in [-0.3, -0.25) is 9.69 Å². The van der Waals surface area contributed by atoms with Gasteiger partial charge in [0.15, 0.2) is 0 Å². The molecule has 1 fully saturated rings. The van der Waals surface area contributed by atoms with Crippen molar-refractivity contribution in [2.45, 2.75) is 19.9 Å². The SMILES string of the molecule is CCCOc1ccc(-c2nn(-c3ccccc3)cc2C=C2SC(=S)N(Cc3ccco3)C2=O)cc1. The Labute approximate surface area is 213 Å². The molecule has 1 aliphatic rings. The third-order valence-corrected chi connectivity index (χ3v) is 6.80. The Morgan fingerprint density at radius 3 is 2.60 bits per heavy atom. The van der Waals surface area contributed by atoms with Crippen LogP contribution in [-0.2, 0) is 11.3 Å². The molecule has 0 aliphatic carbocycles. The molecule has 1 amide bonds. The van der Waals surface area contributed by atoms with Crippen molar-refractivity contribution in [3.8, 4) is 22.7 Å². The summed E-state index contributed by atoms with van der Waals surface area (Å²) < 4.78 is 13.5. The zero-order chi connectivity index (χ0) is 24.2. The smallest absolute Gasteiger partial charge is 0.266 e. The van der Waals surface area contributed by atoms with Crippen LogP contribution in [0.2, 0.25) is 0 Å². The lowest BCUT2D eigenvalue weighted by molar-refractivity contribution is -0.122. The highest BCUT2D eigenvalue weighted by molar-refractivity contribution is 8.26. The van der Waals surface area contributed by atoms with E-state index in [0.29, 0.717) is 28.1 Å². The molecule has 2 aromatic heterocycles. The number of carbonyl (C=O) groups excluding carboxylic acids is 1. The van der Waals surface area contributed by atoms with E-state index in [2.05, 4.69) is 6.92 Å². The van der Waals surface area contributed by atoms with Crippen LogP contribution in [0.15, 0.2) is 88.5 Å². The molecule has 4 aromatic rings. The van der Waals surface area contributed by atoms with Crippen molar-refractivity contribution in [2.24, 2.45) is 0 Å². The number of aromatic nitrogens is 2. The summed E-state index contributed by atoms with van der Waals surface area (Å²) in [6.07, 6.45) is 6.34. The zero-order valence-corrected chi connectivity index (χ0v) is 20.7. The molecule has 176 valence electrons. The predicted octanol–water partition coefficient (Wildman–Crippen LogP) is 6.32. The van der Waals surface area contributed by atoms with Gasteiger partial charge in [-0.2, -0.15) is 5.10 Å². The lowest BCUT2D eigenvalue weighted by Gasteiger charge is -2.11. The van der Waals surface area contributed by atoms with E-state index >= 15 is 0 Å². The first-order valence-electron chi connectivity index (χ1n) is 11.3. The topological polar surface area (TPSA) is 60.5 Å². The number of benzene rings is 2. The molecule has 5 rings (SSSR count). The Hall–Kier alpha value is -3.62. The van der Waals surface area contributed by atoms with Crippen LogP contribution in [0.4, 0.5) is 0 Å². The lowest BCUT2D eigenvalue weighted by atomic mass is 10.1. The fraction of sp³-hybridized carbons (Fsp3) is 0.148. The van der Waals surface area contributed by atoms with Gasteiger partial charge in [-0.25, -0.2) is 4.68 Å². The molecule has 0 spiro atoms. The van der Waals surface area contributed by atoms with Crippen LogP contribution in [0.5, 0.6) is 5.75 Å². The molecule has 0 N–H and O–H groups in total. The third-order valence-electron chi connectivity index (χ3n) is 5.42. The van der Waals surface area contributed by atoms with Gasteiger partial charge in [-0.05, 0) is 61.0 Å². The van der Waals surface area contributed by atoms with Crippen LogP contribution < -0.4 is 4.74 Å². The average Bonchev–Trinajstić information content (AvgIpc) is 3.61. The van der Waals surface area contributed by atoms with Gasteiger partial charge < -0.3 is 9.15 Å². The van der Waals surface area contributed by atoms with Gasteiger partial charge in [0.25, 0.3) is 5.91 Å². The number of hydrogen-bond donors (Lipinski definition) is 0. The van der Waals surface area contributed by atoms with E-state index in [4.69, 9.17) is 26.5 Å². The molecule has 0 saturated carbocycles. The number of thiocarbonyl (C=S) groups is 1. The van der Waals surface area contributed by atoms with E-state index in [1.54, 1.807) is 17.2 Å². The maximum atomic E-state index is 13.2. The molecule has 1 aliphatic heterocycles. The largest absolute Gasteiger partial charge is 0.494 e. The summed E-state index contributed by atoms with van der Waals surface area (Å²) in [4.78, 5) is 15.3. The lowest BCUT2D eigenvalue weighted by Crippen LogP contribution is -2.27. The highest BCUT2D eigenvalue weighted by Crippen LogP contribution is 2.36. The minimum atomic E-state index is -0.141. The monoisotopic (exact) mass is 501 g/mol. The first kappa shape index (κ1) is 23.1. The zero-order valence-electron chi connectivity index (χ0n) is 19.1. The summed E-state index contributed by atoms with van der Waals surface area (Å²) in [6, 6.07) is 21.4. The van der Waals surface area contributed by atoms with Gasteiger partial charge in [0.05, 0.1) is 35.7 Å². The van der Waals surface area contributed by atoms with Crippen molar-refractivity contribution in [3.05, 3.63) is 95.4 Å². The summed E-state index contributed by atoms with van der Waals surface area (Å²) in [7, 11) is 0. The van der Waals surface area contributed by atoms with Crippen molar-refractivity contribution in [1.29, 1.82) is 0 Å². The van der Waals surface area contributed by atoms with Crippen LogP contribution in [-0.4, -0.2) is 31.5 Å². The maximum absolute atomic E-state index is 13.2. The fourth-order valence-electron chi connectivity index (χ4n) is 3.70. The second kappa shape index (κ2) is 10.3. The number of carbonyl (C=O) groups is 1. The highest BCUT2D eigenvalue weighted by atomic mass is 32.2. The van der Waals surface area contributed by atoms with Gasteiger partial charge in [0.1, 0.15) is 15.8 Å². The maximum Gasteiger partial charge on any atom is 0.266 e. The number of amides is 1. The molecule has 8 heteroatoms. The normalized spacial score (nSPS) is 14.8. The van der Waals surface area contributed by atoms with Crippen LogP contribution in [0.25, 0.3) is 23.0 Å². The molecule has 3 heterocycles. The van der Waals surface area contributed by atoms with Crippen LogP contribution in [0, 0.1) is 0 Å². The summed E-state index contributed by atoms with van der Waals surface area (Å²) >= 11 is 6.78. The summed E-state index contributed by atoms with van der Waals surface area (Å²) in [5.41, 5.74) is 3.46. The van der Waals surface area contributed by atoms with Crippen molar-refractivity contribution >= 4 is 40.3 Å². The highest BCUT2D eigenvalue weighted by Gasteiger charge is 2.33. The van der Waals surface area contributed by atoms with E-state index in [1.165, 1.54) is 11.8 Å². The molecule has 1 saturated heterocycles.